The molecule has 0 heterocycles. The average molecular weight is 146 g/mol. The second-order valence-electron chi connectivity index (χ2n) is 2.34. The van der Waals surface area contributed by atoms with Crippen molar-refractivity contribution in [3.63, 3.8) is 0 Å². The number of rotatable bonds is 3. The van der Waals surface area contributed by atoms with Gasteiger partial charge in [0.2, 0.25) is 0 Å². The molecular weight excluding hydrogens is 134 g/mol. The Hall–Kier alpha value is -0.660. The highest BCUT2D eigenvalue weighted by atomic mass is 19.1. The zero-order valence-corrected chi connectivity index (χ0v) is 6.27. The molecule has 0 aliphatic heterocycles. The van der Waals surface area contributed by atoms with Crippen molar-refractivity contribution in [2.45, 2.75) is 20.0 Å². The van der Waals surface area contributed by atoms with E-state index in [1.165, 1.54) is 19.1 Å². The Morgan fingerprint density at radius 2 is 2.00 bits per heavy atom. The first kappa shape index (κ1) is 9.34. The Bertz CT molecular complexity index is 136. The summed E-state index contributed by atoms with van der Waals surface area (Å²) in [5.74, 6) is -0.778. The van der Waals surface area contributed by atoms with E-state index in [-0.39, 0.29) is 5.92 Å². The summed E-state index contributed by atoms with van der Waals surface area (Å²) in [6, 6.07) is 0. The predicted octanol–water partition coefficient (Wildman–Crippen LogP) is 3.02. The summed E-state index contributed by atoms with van der Waals surface area (Å²) >= 11 is 0. The van der Waals surface area contributed by atoms with Crippen LogP contribution < -0.4 is 0 Å². The summed E-state index contributed by atoms with van der Waals surface area (Å²) < 4.78 is 24.3. The fourth-order valence-corrected chi connectivity index (χ4v) is 0.409. The molecule has 2 atom stereocenters. The average Bonchev–Trinajstić information content (AvgIpc) is 1.82. The third-order valence-corrected chi connectivity index (χ3v) is 1.31. The van der Waals surface area contributed by atoms with Crippen LogP contribution in [0.2, 0.25) is 0 Å². The Kier molecular flexibility index (Phi) is 3.93. The molecule has 0 aliphatic rings. The highest BCUT2D eigenvalue weighted by Crippen LogP contribution is 2.09. The molecule has 10 heavy (non-hydrogen) atoms. The first-order valence-electron chi connectivity index (χ1n) is 3.20. The van der Waals surface area contributed by atoms with E-state index in [4.69, 9.17) is 0 Å². The van der Waals surface area contributed by atoms with Gasteiger partial charge in [-0.1, -0.05) is 19.6 Å². The number of hydrogen-bond acceptors (Lipinski definition) is 0. The van der Waals surface area contributed by atoms with Crippen LogP contribution in [0.1, 0.15) is 13.8 Å². The van der Waals surface area contributed by atoms with Crippen LogP contribution in [0.25, 0.3) is 0 Å². The monoisotopic (exact) mass is 146 g/mol. The summed E-state index contributed by atoms with van der Waals surface area (Å²) in [6.45, 7) is 6.14. The molecule has 0 aromatic rings. The molecule has 0 aliphatic carbocycles. The molecule has 0 nitrogen and oxygen atoms in total. The largest absolute Gasteiger partial charge is 0.247 e. The van der Waals surface area contributed by atoms with E-state index in [1.54, 1.807) is 6.92 Å². The topological polar surface area (TPSA) is 0 Å². The van der Waals surface area contributed by atoms with E-state index in [0.29, 0.717) is 0 Å². The fourth-order valence-electron chi connectivity index (χ4n) is 0.409. The minimum atomic E-state index is -0.935. The molecule has 0 amide bonds. The van der Waals surface area contributed by atoms with Crippen LogP contribution >= 0.6 is 0 Å². The van der Waals surface area contributed by atoms with Crippen LogP contribution in [0.4, 0.5) is 8.78 Å². The highest BCUT2D eigenvalue weighted by Gasteiger charge is 2.05. The molecule has 0 N–H and O–H groups in total. The maximum Gasteiger partial charge on any atom is 0.115 e. The van der Waals surface area contributed by atoms with Gasteiger partial charge in [0, 0.05) is 5.92 Å². The van der Waals surface area contributed by atoms with E-state index < -0.39 is 12.0 Å². The summed E-state index contributed by atoms with van der Waals surface area (Å²) in [4.78, 5) is 0. The lowest BCUT2D eigenvalue weighted by Crippen LogP contribution is -2.03. The number of allylic oxidation sites excluding steroid dienone is 3. The maximum atomic E-state index is 12.3. The normalized spacial score (nSPS) is 17.2. The molecule has 0 aromatic heterocycles. The molecule has 0 radical (unpaired) electrons. The van der Waals surface area contributed by atoms with E-state index in [1.807, 2.05) is 0 Å². The quantitative estimate of drug-likeness (QED) is 0.537. The molecule has 0 spiro atoms. The van der Waals surface area contributed by atoms with Crippen LogP contribution in [0.3, 0.4) is 0 Å². The Balaban J connectivity index is 3.77. The van der Waals surface area contributed by atoms with Crippen LogP contribution in [0.5, 0.6) is 0 Å². The lowest BCUT2D eigenvalue weighted by molar-refractivity contribution is 0.300. The first-order chi connectivity index (χ1) is 4.54. The molecule has 0 rings (SSSR count). The number of hydrogen-bond donors (Lipinski definition) is 0. The van der Waals surface area contributed by atoms with Crippen molar-refractivity contribution >= 4 is 0 Å². The molecule has 58 valence electrons. The van der Waals surface area contributed by atoms with Gasteiger partial charge in [0.1, 0.15) is 12.0 Å². The fraction of sp³-hybridized carbons (Fsp3) is 0.500. The van der Waals surface area contributed by atoms with Crippen LogP contribution in [0.15, 0.2) is 24.6 Å². The molecule has 0 bridgehead atoms. The van der Waals surface area contributed by atoms with Gasteiger partial charge in [-0.15, -0.1) is 0 Å². The van der Waals surface area contributed by atoms with Gasteiger partial charge in [-0.2, -0.15) is 0 Å². The molecule has 2 heteroatoms. The minimum Gasteiger partial charge on any atom is -0.247 e. The molecule has 0 saturated carbocycles. The lowest BCUT2D eigenvalue weighted by Gasteiger charge is -2.04. The van der Waals surface area contributed by atoms with Gasteiger partial charge in [0.05, 0.1) is 0 Å². The van der Waals surface area contributed by atoms with E-state index in [0.717, 1.165) is 0 Å². The SMILES string of the molecule is C=C(F)/C=C/C(C)[C@H](C)F. The zero-order valence-electron chi connectivity index (χ0n) is 6.27. The number of halogens is 2. The summed E-state index contributed by atoms with van der Waals surface area (Å²) in [5.41, 5.74) is 0. The Morgan fingerprint density at radius 3 is 2.30 bits per heavy atom. The Labute approximate surface area is 60.2 Å². The van der Waals surface area contributed by atoms with E-state index in [9.17, 15) is 8.78 Å². The molecule has 0 saturated heterocycles. The summed E-state index contributed by atoms with van der Waals surface area (Å²) in [5, 5.41) is 0. The van der Waals surface area contributed by atoms with Crippen molar-refractivity contribution in [2.24, 2.45) is 5.92 Å². The molecular formula is C8H12F2. The summed E-state index contributed by atoms with van der Waals surface area (Å²) in [6.07, 6.45) is 1.71. The van der Waals surface area contributed by atoms with E-state index in [2.05, 4.69) is 6.58 Å². The van der Waals surface area contributed by atoms with Gasteiger partial charge >= 0.3 is 0 Å². The lowest BCUT2D eigenvalue weighted by atomic mass is 10.1. The van der Waals surface area contributed by atoms with Crippen LogP contribution in [-0.4, -0.2) is 6.17 Å². The molecule has 0 fully saturated rings. The van der Waals surface area contributed by atoms with Gasteiger partial charge < -0.3 is 0 Å². The van der Waals surface area contributed by atoms with Gasteiger partial charge in [0.15, 0.2) is 0 Å². The number of alkyl halides is 1. The first-order valence-corrected chi connectivity index (χ1v) is 3.20. The third kappa shape index (κ3) is 4.24. The highest BCUT2D eigenvalue weighted by molar-refractivity contribution is 5.07. The van der Waals surface area contributed by atoms with Crippen molar-refractivity contribution < 1.29 is 8.78 Å². The van der Waals surface area contributed by atoms with Crippen LogP contribution in [-0.2, 0) is 0 Å². The standard InChI is InChI=1S/C8H12F2/c1-6(8(3)10)4-5-7(2)9/h4-6,8H,2H2,1,3H3/b5-4+/t6?,8-/m0/s1. The van der Waals surface area contributed by atoms with Gasteiger partial charge in [-0.3, -0.25) is 0 Å². The smallest absolute Gasteiger partial charge is 0.115 e. The Morgan fingerprint density at radius 1 is 1.50 bits per heavy atom. The van der Waals surface area contributed by atoms with Gasteiger partial charge in [0.25, 0.3) is 0 Å². The van der Waals surface area contributed by atoms with Crippen molar-refractivity contribution in [1.82, 2.24) is 0 Å². The minimum absolute atomic E-state index is 0.243. The maximum absolute atomic E-state index is 12.3. The van der Waals surface area contributed by atoms with Crippen molar-refractivity contribution in [2.75, 3.05) is 0 Å². The van der Waals surface area contributed by atoms with Crippen molar-refractivity contribution in [3.05, 3.63) is 24.6 Å². The van der Waals surface area contributed by atoms with Crippen molar-refractivity contribution in [1.29, 1.82) is 0 Å². The molecule has 1 unspecified atom stereocenters. The third-order valence-electron chi connectivity index (χ3n) is 1.31. The van der Waals surface area contributed by atoms with Crippen LogP contribution in [0, 0.1) is 5.92 Å². The van der Waals surface area contributed by atoms with E-state index >= 15 is 0 Å². The van der Waals surface area contributed by atoms with Gasteiger partial charge in [-0.05, 0) is 13.0 Å². The zero-order chi connectivity index (χ0) is 8.15. The second kappa shape index (κ2) is 4.20. The summed E-state index contributed by atoms with van der Waals surface area (Å²) in [7, 11) is 0. The van der Waals surface area contributed by atoms with Crippen molar-refractivity contribution in [3.8, 4) is 0 Å². The predicted molar refractivity (Wildman–Crippen MR) is 39.1 cm³/mol. The molecule has 0 aromatic carbocycles. The van der Waals surface area contributed by atoms with Gasteiger partial charge in [-0.25, -0.2) is 8.78 Å². The second-order valence-corrected chi connectivity index (χ2v) is 2.34.